The Bertz CT molecular complexity index is 1560. The topological polar surface area (TPSA) is 90.9 Å². The molecule has 7 heteroatoms. The minimum absolute atomic E-state index is 0.00242. The lowest BCUT2D eigenvalue weighted by atomic mass is 10.1. The number of aromatic nitrogens is 3. The second kappa shape index (κ2) is 7.46. The van der Waals surface area contributed by atoms with Crippen molar-refractivity contribution in [3.8, 4) is 0 Å². The van der Waals surface area contributed by atoms with Crippen LogP contribution in [0.15, 0.2) is 88.7 Å². The first kappa shape index (κ1) is 20.2. The van der Waals surface area contributed by atoms with Crippen LogP contribution in [0.2, 0.25) is 0 Å². The van der Waals surface area contributed by atoms with Gasteiger partial charge in [0.05, 0.1) is 22.0 Å². The standard InChI is InChI=1S/C25H22N4O2S/c1-16-12-14-19(15-13-16)32(30,31)23-22-25(28-21-11-7-6-10-20(21)27-22)29(24(23)26)17(2)18-8-4-3-5-9-18/h3-15,17H,26H2,1-2H3. The third-order valence-corrected chi connectivity index (χ3v) is 7.59. The Hall–Kier alpha value is -3.71. The second-order valence-corrected chi connectivity index (χ2v) is 9.76. The molecule has 0 saturated heterocycles. The van der Waals surface area contributed by atoms with Crippen LogP contribution in [0.25, 0.3) is 22.2 Å². The van der Waals surface area contributed by atoms with Crippen molar-refractivity contribution in [3.63, 3.8) is 0 Å². The highest BCUT2D eigenvalue weighted by atomic mass is 32.2. The number of aryl methyl sites for hydroxylation is 1. The number of hydrogen-bond acceptors (Lipinski definition) is 5. The van der Waals surface area contributed by atoms with Gasteiger partial charge >= 0.3 is 0 Å². The van der Waals surface area contributed by atoms with Crippen LogP contribution in [0, 0.1) is 6.92 Å². The van der Waals surface area contributed by atoms with Crippen molar-refractivity contribution in [1.82, 2.24) is 14.5 Å². The summed E-state index contributed by atoms with van der Waals surface area (Å²) in [6, 6.07) is 23.7. The third-order valence-electron chi connectivity index (χ3n) is 5.76. The molecular weight excluding hydrogens is 420 g/mol. The number of nitrogen functional groups attached to an aromatic ring is 1. The number of fused-ring (bicyclic) bond motifs is 2. The highest BCUT2D eigenvalue weighted by molar-refractivity contribution is 7.92. The fourth-order valence-corrected chi connectivity index (χ4v) is 5.52. The van der Waals surface area contributed by atoms with E-state index < -0.39 is 9.84 Å². The van der Waals surface area contributed by atoms with Crippen LogP contribution in [0.1, 0.15) is 24.1 Å². The first-order chi connectivity index (χ1) is 15.4. The molecule has 0 saturated carbocycles. The molecule has 0 aliphatic heterocycles. The molecule has 0 aliphatic carbocycles. The van der Waals surface area contributed by atoms with Crippen molar-refractivity contribution in [2.24, 2.45) is 0 Å². The molecule has 160 valence electrons. The molecule has 5 aromatic rings. The van der Waals surface area contributed by atoms with Gasteiger partial charge in [-0.15, -0.1) is 0 Å². The maximum atomic E-state index is 13.7. The van der Waals surface area contributed by atoms with Gasteiger partial charge in [-0.05, 0) is 43.7 Å². The molecule has 1 unspecified atom stereocenters. The van der Waals surface area contributed by atoms with Crippen LogP contribution in [-0.2, 0) is 9.84 Å². The number of anilines is 1. The molecule has 6 nitrogen and oxygen atoms in total. The van der Waals surface area contributed by atoms with Crippen molar-refractivity contribution in [2.75, 3.05) is 5.73 Å². The monoisotopic (exact) mass is 442 g/mol. The lowest BCUT2D eigenvalue weighted by molar-refractivity contribution is 0.596. The summed E-state index contributed by atoms with van der Waals surface area (Å²) in [5, 5.41) is 0. The largest absolute Gasteiger partial charge is 0.384 e. The molecule has 0 aliphatic rings. The molecule has 1 atom stereocenters. The summed E-state index contributed by atoms with van der Waals surface area (Å²) in [5.41, 5.74) is 10.6. The lowest BCUT2D eigenvalue weighted by Gasteiger charge is -2.17. The van der Waals surface area contributed by atoms with E-state index in [1.807, 2.05) is 68.4 Å². The van der Waals surface area contributed by atoms with Crippen molar-refractivity contribution in [2.45, 2.75) is 29.7 Å². The molecular formula is C25H22N4O2S. The summed E-state index contributed by atoms with van der Waals surface area (Å²) in [6.45, 7) is 3.89. The molecule has 3 aromatic carbocycles. The van der Waals surface area contributed by atoms with Crippen molar-refractivity contribution < 1.29 is 8.42 Å². The molecule has 0 fully saturated rings. The summed E-state index contributed by atoms with van der Waals surface area (Å²) >= 11 is 0. The van der Waals surface area contributed by atoms with E-state index in [2.05, 4.69) is 0 Å². The van der Waals surface area contributed by atoms with Gasteiger partial charge in [0.1, 0.15) is 16.2 Å². The number of sulfone groups is 1. The van der Waals surface area contributed by atoms with E-state index in [-0.39, 0.29) is 27.2 Å². The summed E-state index contributed by atoms with van der Waals surface area (Å²) in [6.07, 6.45) is 0. The SMILES string of the molecule is Cc1ccc(S(=O)(=O)c2c(N)n(C(C)c3ccccc3)c3nc4ccccc4nc23)cc1. The van der Waals surface area contributed by atoms with E-state index in [9.17, 15) is 8.42 Å². The van der Waals surface area contributed by atoms with E-state index in [1.165, 1.54) is 0 Å². The van der Waals surface area contributed by atoms with E-state index in [0.717, 1.165) is 11.1 Å². The number of para-hydroxylation sites is 2. The second-order valence-electron chi connectivity index (χ2n) is 7.87. The van der Waals surface area contributed by atoms with Gasteiger partial charge in [0, 0.05) is 0 Å². The van der Waals surface area contributed by atoms with Crippen LogP contribution >= 0.6 is 0 Å². The maximum Gasteiger partial charge on any atom is 0.212 e. The Morgan fingerprint density at radius 1 is 0.844 bits per heavy atom. The minimum Gasteiger partial charge on any atom is -0.384 e. The van der Waals surface area contributed by atoms with Crippen LogP contribution in [0.3, 0.4) is 0 Å². The molecule has 0 bridgehead atoms. The van der Waals surface area contributed by atoms with E-state index >= 15 is 0 Å². The van der Waals surface area contributed by atoms with Crippen molar-refractivity contribution >= 4 is 37.9 Å². The van der Waals surface area contributed by atoms with Gasteiger partial charge < -0.3 is 10.3 Å². The Labute approximate surface area is 186 Å². The lowest BCUT2D eigenvalue weighted by Crippen LogP contribution is -2.12. The highest BCUT2D eigenvalue weighted by Gasteiger charge is 2.31. The Kier molecular flexibility index (Phi) is 4.71. The smallest absolute Gasteiger partial charge is 0.212 e. The van der Waals surface area contributed by atoms with Crippen LogP contribution in [-0.4, -0.2) is 23.0 Å². The molecule has 0 amide bonds. The van der Waals surface area contributed by atoms with Crippen LogP contribution in [0.5, 0.6) is 0 Å². The van der Waals surface area contributed by atoms with Gasteiger partial charge in [-0.2, -0.15) is 0 Å². The first-order valence-electron chi connectivity index (χ1n) is 10.3. The summed E-state index contributed by atoms with van der Waals surface area (Å²) in [4.78, 5) is 9.66. The van der Waals surface area contributed by atoms with Gasteiger partial charge in [-0.1, -0.05) is 60.2 Å². The summed E-state index contributed by atoms with van der Waals surface area (Å²) < 4.78 is 29.2. The minimum atomic E-state index is -3.92. The van der Waals surface area contributed by atoms with Crippen molar-refractivity contribution in [1.29, 1.82) is 0 Å². The molecule has 2 N–H and O–H groups in total. The zero-order valence-electron chi connectivity index (χ0n) is 17.7. The van der Waals surface area contributed by atoms with Gasteiger partial charge in [-0.25, -0.2) is 18.4 Å². The third kappa shape index (κ3) is 3.13. The average molecular weight is 443 g/mol. The quantitative estimate of drug-likeness (QED) is 0.427. The highest BCUT2D eigenvalue weighted by Crippen LogP contribution is 2.38. The molecule has 32 heavy (non-hydrogen) atoms. The zero-order chi connectivity index (χ0) is 22.5. The van der Waals surface area contributed by atoms with Crippen LogP contribution in [0.4, 0.5) is 5.82 Å². The molecule has 0 radical (unpaired) electrons. The van der Waals surface area contributed by atoms with Crippen molar-refractivity contribution in [3.05, 3.63) is 90.0 Å². The van der Waals surface area contributed by atoms with E-state index in [0.29, 0.717) is 16.7 Å². The van der Waals surface area contributed by atoms with E-state index in [1.54, 1.807) is 28.8 Å². The zero-order valence-corrected chi connectivity index (χ0v) is 18.5. The predicted molar refractivity (Wildman–Crippen MR) is 126 cm³/mol. The fourth-order valence-electron chi connectivity index (χ4n) is 4.03. The predicted octanol–water partition coefficient (Wildman–Crippen LogP) is 4.92. The number of hydrogen-bond donors (Lipinski definition) is 1. The average Bonchev–Trinajstić information content (AvgIpc) is 3.09. The number of nitrogens with two attached hydrogens (primary N) is 1. The van der Waals surface area contributed by atoms with E-state index in [4.69, 9.17) is 15.7 Å². The Balaban J connectivity index is 1.86. The fraction of sp³-hybridized carbons (Fsp3) is 0.120. The van der Waals surface area contributed by atoms with Gasteiger partial charge in [-0.3, -0.25) is 0 Å². The number of benzene rings is 3. The Morgan fingerprint density at radius 3 is 2.09 bits per heavy atom. The van der Waals surface area contributed by atoms with Gasteiger partial charge in [0.2, 0.25) is 9.84 Å². The van der Waals surface area contributed by atoms with Gasteiger partial charge in [0.25, 0.3) is 0 Å². The number of rotatable bonds is 4. The molecule has 2 heterocycles. The normalized spacial score (nSPS) is 12.9. The van der Waals surface area contributed by atoms with Gasteiger partial charge in [0.15, 0.2) is 5.65 Å². The van der Waals surface area contributed by atoms with Crippen LogP contribution < -0.4 is 5.73 Å². The summed E-state index contributed by atoms with van der Waals surface area (Å²) in [7, 11) is -3.92. The molecule has 5 rings (SSSR count). The Morgan fingerprint density at radius 2 is 1.44 bits per heavy atom. The first-order valence-corrected chi connectivity index (χ1v) is 11.8. The molecule has 2 aromatic heterocycles. The molecule has 0 spiro atoms. The number of nitrogens with zero attached hydrogens (tertiary/aromatic N) is 3. The summed E-state index contributed by atoms with van der Waals surface area (Å²) in [5.74, 6) is 0.132. The maximum absolute atomic E-state index is 13.7.